The summed E-state index contributed by atoms with van der Waals surface area (Å²) in [5.74, 6) is -0.366. The fourth-order valence-corrected chi connectivity index (χ4v) is 1.43. The van der Waals surface area contributed by atoms with Crippen molar-refractivity contribution in [1.29, 1.82) is 0 Å². The van der Waals surface area contributed by atoms with E-state index in [1.54, 1.807) is 6.92 Å². The molecule has 1 aromatic heterocycles. The predicted molar refractivity (Wildman–Crippen MR) is 54.4 cm³/mol. The lowest BCUT2D eigenvalue weighted by atomic mass is 10.0. The number of hydrogen-bond acceptors (Lipinski definition) is 4. The number of halogens is 1. The van der Waals surface area contributed by atoms with E-state index in [1.807, 2.05) is 0 Å². The van der Waals surface area contributed by atoms with E-state index in [2.05, 4.69) is 10.1 Å². The molecular formula is C11H9FN2O2. The molecule has 0 aliphatic carbocycles. The van der Waals surface area contributed by atoms with Crippen molar-refractivity contribution in [2.45, 2.75) is 13.8 Å². The van der Waals surface area contributed by atoms with E-state index in [0.717, 1.165) is 0 Å². The quantitative estimate of drug-likeness (QED) is 0.729. The summed E-state index contributed by atoms with van der Waals surface area (Å²) in [6.07, 6.45) is 0. The van der Waals surface area contributed by atoms with Gasteiger partial charge in [-0.3, -0.25) is 4.79 Å². The monoisotopic (exact) mass is 220 g/mol. The highest BCUT2D eigenvalue weighted by Gasteiger charge is 2.18. The molecule has 0 amide bonds. The van der Waals surface area contributed by atoms with Gasteiger partial charge in [0.2, 0.25) is 0 Å². The van der Waals surface area contributed by atoms with Gasteiger partial charge in [0, 0.05) is 5.56 Å². The second-order valence-electron chi connectivity index (χ2n) is 3.37. The number of benzene rings is 1. The molecule has 2 rings (SSSR count). The Balaban J connectivity index is 2.67. The van der Waals surface area contributed by atoms with Gasteiger partial charge in [-0.15, -0.1) is 0 Å². The summed E-state index contributed by atoms with van der Waals surface area (Å²) in [6, 6.07) is 4.25. The van der Waals surface area contributed by atoms with Crippen LogP contribution in [-0.4, -0.2) is 15.9 Å². The van der Waals surface area contributed by atoms with Gasteiger partial charge < -0.3 is 4.52 Å². The molecule has 0 N–H and O–H groups in total. The number of ketones is 1. The molecule has 82 valence electrons. The molecule has 1 aromatic carbocycles. The molecular weight excluding hydrogens is 211 g/mol. The molecule has 0 bridgehead atoms. The molecule has 0 saturated carbocycles. The largest absolute Gasteiger partial charge is 0.334 e. The van der Waals surface area contributed by atoms with Crippen molar-refractivity contribution in [3.8, 4) is 11.5 Å². The first-order chi connectivity index (χ1) is 7.59. The van der Waals surface area contributed by atoms with Crippen LogP contribution in [0.3, 0.4) is 0 Å². The van der Waals surface area contributed by atoms with Crippen LogP contribution in [0.2, 0.25) is 0 Å². The van der Waals surface area contributed by atoms with Gasteiger partial charge in [0.05, 0.1) is 5.56 Å². The van der Waals surface area contributed by atoms with E-state index in [9.17, 15) is 9.18 Å². The highest BCUT2D eigenvalue weighted by Crippen LogP contribution is 2.25. The first-order valence-electron chi connectivity index (χ1n) is 4.69. The second-order valence-corrected chi connectivity index (χ2v) is 3.37. The number of aryl methyl sites for hydroxylation is 1. The standard InChI is InChI=1S/C11H9FN2O2/c1-6(15)8-4-3-5-9(12)10(8)11-13-7(2)14-16-11/h3-5H,1-2H3. The summed E-state index contributed by atoms with van der Waals surface area (Å²) >= 11 is 0. The third-order valence-corrected chi connectivity index (χ3v) is 2.13. The van der Waals surface area contributed by atoms with Gasteiger partial charge in [-0.2, -0.15) is 4.98 Å². The Bertz CT molecular complexity index is 549. The van der Waals surface area contributed by atoms with Crippen LogP contribution in [0.5, 0.6) is 0 Å². The van der Waals surface area contributed by atoms with Gasteiger partial charge in [-0.1, -0.05) is 17.3 Å². The van der Waals surface area contributed by atoms with E-state index >= 15 is 0 Å². The molecule has 4 nitrogen and oxygen atoms in total. The highest BCUT2D eigenvalue weighted by molar-refractivity contribution is 5.99. The van der Waals surface area contributed by atoms with Crippen LogP contribution in [0, 0.1) is 12.7 Å². The predicted octanol–water partition coefficient (Wildman–Crippen LogP) is 2.39. The summed E-state index contributed by atoms with van der Waals surface area (Å²) in [5.41, 5.74) is 0.305. The lowest BCUT2D eigenvalue weighted by Gasteiger charge is -2.02. The lowest BCUT2D eigenvalue weighted by Crippen LogP contribution is -1.98. The smallest absolute Gasteiger partial charge is 0.261 e. The first kappa shape index (κ1) is 10.5. The molecule has 5 heteroatoms. The molecule has 0 fully saturated rings. The molecule has 0 unspecified atom stereocenters. The molecule has 0 aliphatic rings. The molecule has 2 aromatic rings. The third-order valence-electron chi connectivity index (χ3n) is 2.13. The minimum Gasteiger partial charge on any atom is -0.334 e. The average Bonchev–Trinajstić information content (AvgIpc) is 2.64. The molecule has 0 aliphatic heterocycles. The molecule has 0 radical (unpaired) electrons. The van der Waals surface area contributed by atoms with Gasteiger partial charge in [0.25, 0.3) is 5.89 Å². The van der Waals surface area contributed by atoms with E-state index in [1.165, 1.54) is 25.1 Å². The molecule has 0 saturated heterocycles. The molecule has 16 heavy (non-hydrogen) atoms. The Morgan fingerprint density at radius 2 is 2.19 bits per heavy atom. The maximum absolute atomic E-state index is 13.6. The summed E-state index contributed by atoms with van der Waals surface area (Å²) in [4.78, 5) is 15.3. The van der Waals surface area contributed by atoms with Gasteiger partial charge in [0.15, 0.2) is 11.6 Å². The van der Waals surface area contributed by atoms with Crippen molar-refractivity contribution in [1.82, 2.24) is 10.1 Å². The topological polar surface area (TPSA) is 56.0 Å². The van der Waals surface area contributed by atoms with Crippen LogP contribution in [0.15, 0.2) is 22.7 Å². The van der Waals surface area contributed by atoms with Gasteiger partial charge in [-0.05, 0) is 19.9 Å². The van der Waals surface area contributed by atoms with Crippen molar-refractivity contribution in [2.24, 2.45) is 0 Å². The SMILES string of the molecule is CC(=O)c1cccc(F)c1-c1nc(C)no1. The van der Waals surface area contributed by atoms with E-state index in [4.69, 9.17) is 4.52 Å². The maximum Gasteiger partial charge on any atom is 0.261 e. The Kier molecular flexibility index (Phi) is 2.52. The molecule has 0 atom stereocenters. The number of nitrogens with zero attached hydrogens (tertiary/aromatic N) is 2. The number of Topliss-reactive ketones (excluding diaryl/α,β-unsaturated/α-hetero) is 1. The van der Waals surface area contributed by atoms with Crippen LogP contribution < -0.4 is 0 Å². The maximum atomic E-state index is 13.6. The van der Waals surface area contributed by atoms with Crippen molar-refractivity contribution in [3.63, 3.8) is 0 Å². The third kappa shape index (κ3) is 1.71. The average molecular weight is 220 g/mol. The normalized spacial score (nSPS) is 10.4. The second kappa shape index (κ2) is 3.84. The van der Waals surface area contributed by atoms with Gasteiger partial charge in [0.1, 0.15) is 5.82 Å². The minimum atomic E-state index is -0.545. The van der Waals surface area contributed by atoms with Crippen LogP contribution in [0.4, 0.5) is 4.39 Å². The van der Waals surface area contributed by atoms with Gasteiger partial charge in [-0.25, -0.2) is 4.39 Å². The number of carbonyl (C=O) groups is 1. The number of carbonyl (C=O) groups excluding carboxylic acids is 1. The Hall–Kier alpha value is -2.04. The highest BCUT2D eigenvalue weighted by atomic mass is 19.1. The number of aromatic nitrogens is 2. The molecule has 0 spiro atoms. The fourth-order valence-electron chi connectivity index (χ4n) is 1.43. The summed E-state index contributed by atoms with van der Waals surface area (Å²) in [7, 11) is 0. The van der Waals surface area contributed by atoms with Crippen LogP contribution in [-0.2, 0) is 0 Å². The number of hydrogen-bond donors (Lipinski definition) is 0. The zero-order chi connectivity index (χ0) is 11.7. The fraction of sp³-hybridized carbons (Fsp3) is 0.182. The zero-order valence-electron chi connectivity index (χ0n) is 8.82. The van der Waals surface area contributed by atoms with Crippen LogP contribution in [0.1, 0.15) is 23.1 Å². The van der Waals surface area contributed by atoms with Crippen molar-refractivity contribution >= 4 is 5.78 Å². The Morgan fingerprint density at radius 3 is 2.75 bits per heavy atom. The van der Waals surface area contributed by atoms with E-state index in [0.29, 0.717) is 5.82 Å². The lowest BCUT2D eigenvalue weighted by molar-refractivity contribution is 0.101. The van der Waals surface area contributed by atoms with Crippen LogP contribution >= 0.6 is 0 Å². The van der Waals surface area contributed by atoms with E-state index in [-0.39, 0.29) is 22.8 Å². The van der Waals surface area contributed by atoms with Crippen molar-refractivity contribution in [2.75, 3.05) is 0 Å². The summed E-state index contributed by atoms with van der Waals surface area (Å²) < 4.78 is 18.5. The zero-order valence-corrected chi connectivity index (χ0v) is 8.82. The van der Waals surface area contributed by atoms with Crippen LogP contribution in [0.25, 0.3) is 11.5 Å². The number of rotatable bonds is 2. The van der Waals surface area contributed by atoms with Crippen molar-refractivity contribution < 1.29 is 13.7 Å². The Labute approximate surface area is 91.1 Å². The molecule has 1 heterocycles. The van der Waals surface area contributed by atoms with Crippen molar-refractivity contribution in [3.05, 3.63) is 35.4 Å². The minimum absolute atomic E-state index is 0.0285. The van der Waals surface area contributed by atoms with Gasteiger partial charge >= 0.3 is 0 Å². The Morgan fingerprint density at radius 1 is 1.44 bits per heavy atom. The summed E-state index contributed by atoms with van der Waals surface area (Å²) in [6.45, 7) is 2.99. The van der Waals surface area contributed by atoms with E-state index < -0.39 is 5.82 Å². The summed E-state index contributed by atoms with van der Waals surface area (Å²) in [5, 5.41) is 3.57. The first-order valence-corrected chi connectivity index (χ1v) is 4.69.